The highest BCUT2D eigenvalue weighted by atomic mass is 35.5. The van der Waals surface area contributed by atoms with Gasteiger partial charge in [-0.1, -0.05) is 96.5 Å². The predicted molar refractivity (Wildman–Crippen MR) is 167 cm³/mol. The van der Waals surface area contributed by atoms with Gasteiger partial charge in [-0.3, -0.25) is 0 Å². The molecule has 0 atom stereocenters. The van der Waals surface area contributed by atoms with Crippen LogP contribution in [-0.4, -0.2) is 9.13 Å². The van der Waals surface area contributed by atoms with E-state index in [0.717, 1.165) is 44.3 Å². The fourth-order valence-corrected chi connectivity index (χ4v) is 6.83. The zero-order valence-electron chi connectivity index (χ0n) is 21.3. The van der Waals surface area contributed by atoms with E-state index in [0.29, 0.717) is 5.02 Å². The summed E-state index contributed by atoms with van der Waals surface area (Å²) in [7, 11) is 0. The number of fused-ring (bicyclic) bond motifs is 10. The Balaban J connectivity index is 1.55. The van der Waals surface area contributed by atoms with E-state index in [1.165, 1.54) is 32.6 Å². The summed E-state index contributed by atoms with van der Waals surface area (Å²) in [5, 5.41) is 7.52. The topological polar surface area (TPSA) is 23.0 Å². The molecular formula is C36H21ClN2O. The molecule has 0 fully saturated rings. The van der Waals surface area contributed by atoms with Gasteiger partial charge >= 0.3 is 0 Å². The number of hydrogen-bond donors (Lipinski definition) is 0. The Labute approximate surface area is 234 Å². The molecule has 0 aliphatic carbocycles. The first-order chi connectivity index (χ1) is 19.8. The number of benzene rings is 6. The molecule has 0 aliphatic rings. The fourth-order valence-electron chi connectivity index (χ4n) is 6.56. The second-order valence-corrected chi connectivity index (χ2v) is 10.7. The highest BCUT2D eigenvalue weighted by molar-refractivity contribution is 6.38. The summed E-state index contributed by atoms with van der Waals surface area (Å²) in [5.74, 6) is 0. The van der Waals surface area contributed by atoms with E-state index >= 15 is 0 Å². The molecule has 0 amide bonds. The maximum atomic E-state index is 6.69. The van der Waals surface area contributed by atoms with Crippen molar-refractivity contribution in [3.63, 3.8) is 0 Å². The maximum absolute atomic E-state index is 6.69. The van der Waals surface area contributed by atoms with Gasteiger partial charge in [-0.05, 0) is 42.5 Å². The number of hydrogen-bond acceptors (Lipinski definition) is 1. The van der Waals surface area contributed by atoms with Crippen LogP contribution in [0.4, 0.5) is 0 Å². The van der Waals surface area contributed by atoms with Crippen LogP contribution in [-0.2, 0) is 0 Å². The first kappa shape index (κ1) is 21.9. The second-order valence-electron chi connectivity index (χ2n) is 10.3. The van der Waals surface area contributed by atoms with Gasteiger partial charge in [0.1, 0.15) is 5.58 Å². The molecule has 0 aliphatic heterocycles. The lowest BCUT2D eigenvalue weighted by Gasteiger charge is -2.12. The zero-order valence-corrected chi connectivity index (χ0v) is 22.1. The van der Waals surface area contributed by atoms with Crippen LogP contribution in [0, 0.1) is 0 Å². The van der Waals surface area contributed by atoms with E-state index in [9.17, 15) is 0 Å². The van der Waals surface area contributed by atoms with Crippen molar-refractivity contribution in [3.8, 4) is 11.4 Å². The Morgan fingerprint density at radius 1 is 0.475 bits per heavy atom. The SMILES string of the molecule is Clc1cccc2oc3c(-n4c5ccccc5c5ccc6c7ccccc7n(-c7ccccc7)c6c54)cccc3c12. The molecule has 0 N–H and O–H groups in total. The average Bonchev–Trinajstić information content (AvgIpc) is 3.66. The molecule has 0 saturated heterocycles. The van der Waals surface area contributed by atoms with Crippen LogP contribution in [0.25, 0.3) is 76.9 Å². The highest BCUT2D eigenvalue weighted by Crippen LogP contribution is 2.44. The van der Waals surface area contributed by atoms with Crippen LogP contribution in [0.15, 0.2) is 132 Å². The third-order valence-corrected chi connectivity index (χ3v) is 8.49. The Hall–Kier alpha value is -4.99. The van der Waals surface area contributed by atoms with E-state index in [-0.39, 0.29) is 0 Å². The van der Waals surface area contributed by atoms with Crippen LogP contribution < -0.4 is 0 Å². The van der Waals surface area contributed by atoms with E-state index in [1.54, 1.807) is 0 Å². The molecule has 40 heavy (non-hydrogen) atoms. The van der Waals surface area contributed by atoms with Crippen molar-refractivity contribution < 1.29 is 4.42 Å². The van der Waals surface area contributed by atoms with E-state index in [1.807, 2.05) is 18.2 Å². The first-order valence-corrected chi connectivity index (χ1v) is 13.8. The lowest BCUT2D eigenvalue weighted by atomic mass is 10.1. The molecule has 188 valence electrons. The molecule has 3 heterocycles. The lowest BCUT2D eigenvalue weighted by Crippen LogP contribution is -1.98. The summed E-state index contributed by atoms with van der Waals surface area (Å²) >= 11 is 6.69. The van der Waals surface area contributed by atoms with Crippen LogP contribution in [0.3, 0.4) is 0 Å². The monoisotopic (exact) mass is 532 g/mol. The van der Waals surface area contributed by atoms with Gasteiger partial charge in [-0.2, -0.15) is 0 Å². The fraction of sp³-hybridized carbons (Fsp3) is 0. The van der Waals surface area contributed by atoms with Crippen molar-refractivity contribution in [2.75, 3.05) is 0 Å². The molecular weight excluding hydrogens is 512 g/mol. The van der Waals surface area contributed by atoms with Crippen LogP contribution in [0.5, 0.6) is 0 Å². The quantitative estimate of drug-likeness (QED) is 0.217. The van der Waals surface area contributed by atoms with Gasteiger partial charge in [0.2, 0.25) is 0 Å². The Kier molecular flexibility index (Phi) is 4.38. The Bertz CT molecular complexity index is 2440. The van der Waals surface area contributed by atoms with E-state index in [4.69, 9.17) is 16.0 Å². The summed E-state index contributed by atoms with van der Waals surface area (Å²) in [4.78, 5) is 0. The molecule has 0 unspecified atom stereocenters. The normalized spacial score (nSPS) is 12.1. The average molecular weight is 533 g/mol. The first-order valence-electron chi connectivity index (χ1n) is 13.4. The number of nitrogens with zero attached hydrogens (tertiary/aromatic N) is 2. The van der Waals surface area contributed by atoms with E-state index < -0.39 is 0 Å². The molecule has 3 nitrogen and oxygen atoms in total. The Morgan fingerprint density at radius 3 is 1.82 bits per heavy atom. The number of furan rings is 1. The molecule has 9 aromatic rings. The van der Waals surface area contributed by atoms with Gasteiger partial charge in [0, 0.05) is 38.0 Å². The van der Waals surface area contributed by atoms with Crippen LogP contribution >= 0.6 is 11.6 Å². The molecule has 0 saturated carbocycles. The van der Waals surface area contributed by atoms with Crippen LogP contribution in [0.2, 0.25) is 5.02 Å². The summed E-state index contributed by atoms with van der Waals surface area (Å²) in [5.41, 5.74) is 8.38. The Morgan fingerprint density at radius 2 is 1.07 bits per heavy atom. The van der Waals surface area contributed by atoms with Crippen molar-refractivity contribution in [1.29, 1.82) is 0 Å². The summed E-state index contributed by atoms with van der Waals surface area (Å²) in [6, 6.07) is 44.7. The molecule has 3 aromatic heterocycles. The third-order valence-electron chi connectivity index (χ3n) is 8.17. The molecule has 0 radical (unpaired) electrons. The summed E-state index contributed by atoms with van der Waals surface area (Å²) < 4.78 is 11.3. The van der Waals surface area contributed by atoms with Gasteiger partial charge in [-0.15, -0.1) is 0 Å². The molecule has 9 rings (SSSR count). The van der Waals surface area contributed by atoms with Gasteiger partial charge in [0.25, 0.3) is 0 Å². The predicted octanol–water partition coefficient (Wildman–Crippen LogP) is 10.4. The van der Waals surface area contributed by atoms with Crippen molar-refractivity contribution in [2.24, 2.45) is 0 Å². The van der Waals surface area contributed by atoms with Crippen LogP contribution in [0.1, 0.15) is 0 Å². The third kappa shape index (κ3) is 2.79. The molecule has 0 spiro atoms. The maximum Gasteiger partial charge on any atom is 0.159 e. The largest absolute Gasteiger partial charge is 0.454 e. The minimum atomic E-state index is 0.696. The number of rotatable bonds is 2. The number of para-hydroxylation sites is 4. The smallest absolute Gasteiger partial charge is 0.159 e. The lowest BCUT2D eigenvalue weighted by molar-refractivity contribution is 0.666. The van der Waals surface area contributed by atoms with Crippen molar-refractivity contribution in [2.45, 2.75) is 0 Å². The summed E-state index contributed by atoms with van der Waals surface area (Å²) in [6.07, 6.45) is 0. The minimum absolute atomic E-state index is 0.696. The second kappa shape index (κ2) is 8.01. The van der Waals surface area contributed by atoms with Crippen molar-refractivity contribution in [3.05, 3.63) is 132 Å². The molecule has 0 bridgehead atoms. The summed E-state index contributed by atoms with van der Waals surface area (Å²) in [6.45, 7) is 0. The van der Waals surface area contributed by atoms with Crippen molar-refractivity contribution >= 4 is 77.2 Å². The van der Waals surface area contributed by atoms with Gasteiger partial charge < -0.3 is 13.6 Å². The van der Waals surface area contributed by atoms with E-state index in [2.05, 4.69) is 118 Å². The molecule has 4 heteroatoms. The van der Waals surface area contributed by atoms with Gasteiger partial charge in [0.15, 0.2) is 5.58 Å². The van der Waals surface area contributed by atoms with Gasteiger partial charge in [-0.25, -0.2) is 0 Å². The number of aromatic nitrogens is 2. The van der Waals surface area contributed by atoms with Gasteiger partial charge in [0.05, 0.1) is 32.8 Å². The van der Waals surface area contributed by atoms with Crippen molar-refractivity contribution in [1.82, 2.24) is 9.13 Å². The highest BCUT2D eigenvalue weighted by Gasteiger charge is 2.23. The molecule has 6 aromatic carbocycles. The number of halogens is 1. The zero-order chi connectivity index (χ0) is 26.4. The standard InChI is InChI=1S/C36H21ClN2O/c37-28-15-9-19-32-33(28)27-14-8-18-31(36(27)40-32)39-30-17-7-5-13-24(30)26-21-20-25-23-12-4-6-16-29(23)38(34(25)35(26)39)22-10-2-1-3-11-22/h1-21H. The minimum Gasteiger partial charge on any atom is -0.454 e.